The van der Waals surface area contributed by atoms with Crippen LogP contribution in [0.4, 0.5) is 0 Å². The van der Waals surface area contributed by atoms with Gasteiger partial charge in [0.1, 0.15) is 0 Å². The Kier molecular flexibility index (Phi) is 3.73. The largest absolute Gasteiger partial charge is 0.464 e. The van der Waals surface area contributed by atoms with Gasteiger partial charge in [0.2, 0.25) is 0 Å². The van der Waals surface area contributed by atoms with Gasteiger partial charge in [-0.25, -0.2) is 9.48 Å². The molecule has 0 unspecified atom stereocenters. The van der Waals surface area contributed by atoms with E-state index in [4.69, 9.17) is 10.5 Å². The summed E-state index contributed by atoms with van der Waals surface area (Å²) >= 11 is 0. The van der Waals surface area contributed by atoms with E-state index in [9.17, 15) is 4.79 Å². The van der Waals surface area contributed by atoms with Crippen LogP contribution in [0, 0.1) is 0 Å². The number of nitrogens with two attached hydrogens (primary N) is 1. The molecule has 0 amide bonds. The highest BCUT2D eigenvalue weighted by Crippen LogP contribution is 2.35. The second-order valence-corrected chi connectivity index (χ2v) is 4.31. The summed E-state index contributed by atoms with van der Waals surface area (Å²) in [7, 11) is 1.36. The maximum Gasteiger partial charge on any atom is 0.360 e. The van der Waals surface area contributed by atoms with Gasteiger partial charge >= 0.3 is 5.97 Å². The van der Waals surface area contributed by atoms with Crippen LogP contribution in [0.3, 0.4) is 0 Å². The van der Waals surface area contributed by atoms with Crippen LogP contribution in [-0.2, 0) is 11.3 Å². The van der Waals surface area contributed by atoms with Gasteiger partial charge in [-0.15, -0.1) is 5.10 Å². The Morgan fingerprint density at radius 3 is 2.82 bits per heavy atom. The molecule has 1 aromatic heterocycles. The first-order valence-corrected chi connectivity index (χ1v) is 5.99. The number of methoxy groups -OCH3 is 1. The first kappa shape index (κ1) is 12.0. The average Bonchev–Trinajstić information content (AvgIpc) is 2.96. The van der Waals surface area contributed by atoms with Crippen molar-refractivity contribution in [1.29, 1.82) is 0 Å². The van der Waals surface area contributed by atoms with Crippen LogP contribution in [0.5, 0.6) is 0 Å². The van der Waals surface area contributed by atoms with Gasteiger partial charge in [0, 0.05) is 12.5 Å². The lowest BCUT2D eigenvalue weighted by Crippen LogP contribution is -2.17. The molecule has 0 aromatic carbocycles. The average molecular weight is 238 g/mol. The number of ether oxygens (including phenoxy) is 1. The summed E-state index contributed by atoms with van der Waals surface area (Å²) in [6.07, 6.45) is 4.56. The van der Waals surface area contributed by atoms with E-state index in [0.29, 0.717) is 24.7 Å². The molecule has 0 atom stereocenters. The zero-order chi connectivity index (χ0) is 12.3. The summed E-state index contributed by atoms with van der Waals surface area (Å²) in [6, 6.07) is 0. The van der Waals surface area contributed by atoms with Gasteiger partial charge in [0.05, 0.1) is 19.3 Å². The number of carbonyl (C=O) groups excluding carboxylic acids is 1. The molecule has 1 fully saturated rings. The van der Waals surface area contributed by atoms with E-state index in [1.54, 1.807) is 4.68 Å². The van der Waals surface area contributed by atoms with Crippen LogP contribution in [0.1, 0.15) is 47.8 Å². The van der Waals surface area contributed by atoms with E-state index in [2.05, 4.69) is 10.3 Å². The van der Waals surface area contributed by atoms with Crippen LogP contribution < -0.4 is 5.73 Å². The molecule has 0 bridgehead atoms. The molecule has 1 heterocycles. The highest BCUT2D eigenvalue weighted by atomic mass is 16.5. The van der Waals surface area contributed by atoms with E-state index >= 15 is 0 Å². The predicted molar refractivity (Wildman–Crippen MR) is 61.6 cm³/mol. The number of nitrogens with zero attached hydrogens (tertiary/aromatic N) is 3. The first-order valence-electron chi connectivity index (χ1n) is 5.99. The number of esters is 1. The summed E-state index contributed by atoms with van der Waals surface area (Å²) in [4.78, 5) is 11.6. The fraction of sp³-hybridized carbons (Fsp3) is 0.727. The Balaban J connectivity index is 2.34. The highest BCUT2D eigenvalue weighted by molar-refractivity contribution is 5.88. The Labute approximate surface area is 100 Å². The van der Waals surface area contributed by atoms with Gasteiger partial charge in [0.15, 0.2) is 5.69 Å². The molecule has 17 heavy (non-hydrogen) atoms. The van der Waals surface area contributed by atoms with Crippen molar-refractivity contribution < 1.29 is 9.53 Å². The van der Waals surface area contributed by atoms with E-state index in [1.165, 1.54) is 20.0 Å². The molecule has 2 rings (SSSR count). The monoisotopic (exact) mass is 238 g/mol. The van der Waals surface area contributed by atoms with E-state index in [-0.39, 0.29) is 0 Å². The van der Waals surface area contributed by atoms with Crippen molar-refractivity contribution in [3.05, 3.63) is 11.4 Å². The summed E-state index contributed by atoms with van der Waals surface area (Å²) in [5.74, 6) is -0.0409. The first-order chi connectivity index (χ1) is 8.27. The highest BCUT2D eigenvalue weighted by Gasteiger charge is 2.28. The fourth-order valence-corrected chi connectivity index (χ4v) is 2.45. The van der Waals surface area contributed by atoms with Gasteiger partial charge in [-0.2, -0.15) is 0 Å². The number of aromatic nitrogens is 3. The van der Waals surface area contributed by atoms with Crippen LogP contribution >= 0.6 is 0 Å². The van der Waals surface area contributed by atoms with Gasteiger partial charge in [-0.1, -0.05) is 18.1 Å². The molecular weight excluding hydrogens is 220 g/mol. The summed E-state index contributed by atoms with van der Waals surface area (Å²) in [5.41, 5.74) is 6.80. The maximum absolute atomic E-state index is 11.6. The van der Waals surface area contributed by atoms with Crippen molar-refractivity contribution in [2.75, 3.05) is 13.7 Å². The number of hydrogen-bond donors (Lipinski definition) is 1. The van der Waals surface area contributed by atoms with Crippen molar-refractivity contribution in [3.8, 4) is 0 Å². The van der Waals surface area contributed by atoms with E-state index in [0.717, 1.165) is 18.5 Å². The van der Waals surface area contributed by atoms with Gasteiger partial charge in [-0.3, -0.25) is 0 Å². The smallest absolute Gasteiger partial charge is 0.360 e. The van der Waals surface area contributed by atoms with Crippen LogP contribution in [0.2, 0.25) is 0 Å². The van der Waals surface area contributed by atoms with Crippen LogP contribution in [-0.4, -0.2) is 34.6 Å². The molecule has 1 aliphatic carbocycles. The van der Waals surface area contributed by atoms with Crippen molar-refractivity contribution in [1.82, 2.24) is 15.0 Å². The van der Waals surface area contributed by atoms with Crippen molar-refractivity contribution >= 4 is 5.97 Å². The molecule has 0 saturated heterocycles. The van der Waals surface area contributed by atoms with Crippen molar-refractivity contribution in [2.24, 2.45) is 5.73 Å². The molecular formula is C11H18N4O2. The molecule has 94 valence electrons. The van der Waals surface area contributed by atoms with Crippen LogP contribution in [0.15, 0.2) is 0 Å². The number of carbonyl (C=O) groups is 1. The van der Waals surface area contributed by atoms with Crippen molar-refractivity contribution in [3.63, 3.8) is 0 Å². The topological polar surface area (TPSA) is 83.0 Å². The maximum atomic E-state index is 11.6. The molecule has 0 aliphatic heterocycles. The minimum atomic E-state index is -0.407. The third kappa shape index (κ3) is 2.31. The van der Waals surface area contributed by atoms with E-state index < -0.39 is 5.97 Å². The molecule has 0 spiro atoms. The van der Waals surface area contributed by atoms with E-state index in [1.807, 2.05) is 0 Å². The second kappa shape index (κ2) is 5.27. The normalized spacial score (nSPS) is 16.4. The van der Waals surface area contributed by atoms with Crippen LogP contribution in [0.25, 0.3) is 0 Å². The second-order valence-electron chi connectivity index (χ2n) is 4.31. The zero-order valence-corrected chi connectivity index (χ0v) is 10.1. The van der Waals surface area contributed by atoms with Gasteiger partial charge in [0.25, 0.3) is 0 Å². The number of hydrogen-bond acceptors (Lipinski definition) is 5. The summed E-state index contributed by atoms with van der Waals surface area (Å²) in [5, 5.41) is 7.94. The zero-order valence-electron chi connectivity index (χ0n) is 10.1. The van der Waals surface area contributed by atoms with Gasteiger partial charge in [-0.05, 0) is 12.8 Å². The standard InChI is InChI=1S/C11H18N4O2/c1-17-11(16)9-10(8-4-2-3-5-8)15(7-6-12)14-13-9/h8H,2-7,12H2,1H3. The summed E-state index contributed by atoms with van der Waals surface area (Å²) < 4.78 is 6.49. The molecule has 1 aromatic rings. The third-order valence-electron chi connectivity index (χ3n) is 3.23. The molecule has 2 N–H and O–H groups in total. The molecule has 1 saturated carbocycles. The Morgan fingerprint density at radius 1 is 1.53 bits per heavy atom. The summed E-state index contributed by atoms with van der Waals surface area (Å²) in [6.45, 7) is 1.08. The SMILES string of the molecule is COC(=O)c1nnn(CCN)c1C1CCCC1. The van der Waals surface area contributed by atoms with Crippen molar-refractivity contribution in [2.45, 2.75) is 38.1 Å². The Bertz CT molecular complexity index is 396. The lowest BCUT2D eigenvalue weighted by molar-refractivity contribution is 0.0592. The predicted octanol–water partition coefficient (Wildman–Crippen LogP) is 0.681. The lowest BCUT2D eigenvalue weighted by Gasteiger charge is -2.12. The number of rotatable bonds is 4. The molecule has 1 aliphatic rings. The molecule has 6 nitrogen and oxygen atoms in total. The molecule has 6 heteroatoms. The minimum Gasteiger partial charge on any atom is -0.464 e. The lowest BCUT2D eigenvalue weighted by atomic mass is 10.0. The molecule has 0 radical (unpaired) electrons. The third-order valence-corrected chi connectivity index (χ3v) is 3.23. The van der Waals surface area contributed by atoms with Gasteiger partial charge < -0.3 is 10.5 Å². The Morgan fingerprint density at radius 2 is 2.24 bits per heavy atom. The minimum absolute atomic E-state index is 0.354. The fourth-order valence-electron chi connectivity index (χ4n) is 2.45. The Hall–Kier alpha value is -1.43. The quantitative estimate of drug-likeness (QED) is 0.780.